The van der Waals surface area contributed by atoms with Gasteiger partial charge in [0, 0.05) is 23.8 Å². The maximum atomic E-state index is 12.6. The number of carbonyl (C=O) groups is 1. The zero-order valence-corrected chi connectivity index (χ0v) is 15.3. The number of alkyl halides is 4. The maximum absolute atomic E-state index is 12.6. The molecule has 0 heterocycles. The summed E-state index contributed by atoms with van der Waals surface area (Å²) in [4.78, 5) is 12.2. The molecule has 0 unspecified atom stereocenters. The molecule has 6 nitrogen and oxygen atoms in total. The molecule has 0 spiro atoms. The van der Waals surface area contributed by atoms with E-state index in [0.29, 0.717) is 17.2 Å². The van der Waals surface area contributed by atoms with Gasteiger partial charge < -0.3 is 24.3 Å². The second-order valence-corrected chi connectivity index (χ2v) is 5.35. The molecule has 156 valence electrons. The maximum Gasteiger partial charge on any atom is 0.387 e. The molecule has 2 rings (SSSR count). The van der Waals surface area contributed by atoms with Crippen molar-refractivity contribution in [3.63, 3.8) is 0 Å². The Kier molecular flexibility index (Phi) is 7.70. The molecule has 0 fully saturated rings. The first-order valence-electron chi connectivity index (χ1n) is 8.07. The Morgan fingerprint density at radius 3 is 2.21 bits per heavy atom. The van der Waals surface area contributed by atoms with Crippen molar-refractivity contribution in [3.05, 3.63) is 48.0 Å². The molecule has 2 aromatic carbocycles. The van der Waals surface area contributed by atoms with Crippen molar-refractivity contribution < 1.29 is 41.3 Å². The third-order valence-electron chi connectivity index (χ3n) is 3.51. The molecule has 1 amide bonds. The molecule has 0 atom stereocenters. The second-order valence-electron chi connectivity index (χ2n) is 5.35. The summed E-state index contributed by atoms with van der Waals surface area (Å²) >= 11 is 0. The normalized spacial score (nSPS) is 11.0. The van der Waals surface area contributed by atoms with Crippen LogP contribution in [0.15, 0.2) is 42.5 Å². The average Bonchev–Trinajstić information content (AvgIpc) is 2.66. The van der Waals surface area contributed by atoms with E-state index in [0.717, 1.165) is 18.2 Å². The number of rotatable bonds is 9. The van der Waals surface area contributed by atoms with Crippen LogP contribution in [-0.4, -0.2) is 33.3 Å². The summed E-state index contributed by atoms with van der Waals surface area (Å²) in [5.74, 6) is -0.540. The summed E-state index contributed by atoms with van der Waals surface area (Å²) < 4.78 is 68.5. The standard InChI is InChI=1S/C19H17F4NO5/c1-26-12-6-7-15(27-2)14(9-12)24-17(25)8-4-11-3-5-13(28-18(20)21)10-16(11)29-19(22)23/h3-10,18-19H,1-2H3,(H,24,25)/b8-4+. The lowest BCUT2D eigenvalue weighted by Gasteiger charge is -2.12. The van der Waals surface area contributed by atoms with Crippen molar-refractivity contribution in [1.82, 2.24) is 0 Å². The monoisotopic (exact) mass is 415 g/mol. The van der Waals surface area contributed by atoms with Crippen LogP contribution in [-0.2, 0) is 4.79 Å². The highest BCUT2D eigenvalue weighted by atomic mass is 19.3. The molecule has 29 heavy (non-hydrogen) atoms. The Morgan fingerprint density at radius 1 is 0.897 bits per heavy atom. The first-order valence-corrected chi connectivity index (χ1v) is 8.07. The summed E-state index contributed by atoms with van der Waals surface area (Å²) in [7, 11) is 2.88. The predicted molar refractivity (Wildman–Crippen MR) is 96.9 cm³/mol. The quantitative estimate of drug-likeness (QED) is 0.481. The molecular weight excluding hydrogens is 398 g/mol. The summed E-state index contributed by atoms with van der Waals surface area (Å²) in [6, 6.07) is 7.97. The van der Waals surface area contributed by atoms with Gasteiger partial charge in [0.2, 0.25) is 5.91 Å². The number of benzene rings is 2. The lowest BCUT2D eigenvalue weighted by atomic mass is 10.1. The number of anilines is 1. The second kappa shape index (κ2) is 10.2. The van der Waals surface area contributed by atoms with Gasteiger partial charge in [-0.1, -0.05) is 0 Å². The van der Waals surface area contributed by atoms with Crippen LogP contribution in [0.5, 0.6) is 23.0 Å². The highest BCUT2D eigenvalue weighted by Gasteiger charge is 2.13. The fourth-order valence-corrected chi connectivity index (χ4v) is 2.28. The van der Waals surface area contributed by atoms with Crippen LogP contribution >= 0.6 is 0 Å². The van der Waals surface area contributed by atoms with Crippen LogP contribution in [0.4, 0.5) is 23.2 Å². The van der Waals surface area contributed by atoms with E-state index in [-0.39, 0.29) is 11.3 Å². The van der Waals surface area contributed by atoms with E-state index in [9.17, 15) is 22.4 Å². The van der Waals surface area contributed by atoms with Gasteiger partial charge >= 0.3 is 13.2 Å². The molecule has 1 N–H and O–H groups in total. The lowest BCUT2D eigenvalue weighted by molar-refractivity contribution is -0.111. The van der Waals surface area contributed by atoms with Crippen molar-refractivity contribution in [3.8, 4) is 23.0 Å². The van der Waals surface area contributed by atoms with Gasteiger partial charge in [0.25, 0.3) is 0 Å². The van der Waals surface area contributed by atoms with E-state index in [1.54, 1.807) is 12.1 Å². The summed E-state index contributed by atoms with van der Waals surface area (Å²) in [6.07, 6.45) is 2.24. The first-order chi connectivity index (χ1) is 13.8. The number of amides is 1. The minimum absolute atomic E-state index is 0.0553. The molecule has 0 aliphatic carbocycles. The van der Waals surface area contributed by atoms with Crippen LogP contribution < -0.4 is 24.3 Å². The number of methoxy groups -OCH3 is 2. The number of carbonyl (C=O) groups excluding carboxylic acids is 1. The zero-order valence-electron chi connectivity index (χ0n) is 15.3. The number of hydrogen-bond acceptors (Lipinski definition) is 5. The number of hydrogen-bond donors (Lipinski definition) is 1. The molecule has 0 saturated heterocycles. The fraction of sp³-hybridized carbons (Fsp3) is 0.211. The minimum atomic E-state index is -3.20. The van der Waals surface area contributed by atoms with Gasteiger partial charge in [-0.2, -0.15) is 17.6 Å². The largest absolute Gasteiger partial charge is 0.497 e. The number of halogens is 4. The third kappa shape index (κ3) is 6.59. The predicted octanol–water partition coefficient (Wildman–Crippen LogP) is 4.56. The lowest BCUT2D eigenvalue weighted by Crippen LogP contribution is -2.09. The Morgan fingerprint density at radius 2 is 1.59 bits per heavy atom. The molecule has 0 saturated carbocycles. The van der Waals surface area contributed by atoms with Crippen LogP contribution in [0.2, 0.25) is 0 Å². The van der Waals surface area contributed by atoms with Crippen LogP contribution in [0, 0.1) is 0 Å². The van der Waals surface area contributed by atoms with E-state index in [2.05, 4.69) is 14.8 Å². The van der Waals surface area contributed by atoms with Crippen LogP contribution in [0.25, 0.3) is 6.08 Å². The number of ether oxygens (including phenoxy) is 4. The molecule has 0 radical (unpaired) electrons. The van der Waals surface area contributed by atoms with Crippen molar-refractivity contribution in [2.45, 2.75) is 13.2 Å². The van der Waals surface area contributed by atoms with Crippen molar-refractivity contribution in [1.29, 1.82) is 0 Å². The SMILES string of the molecule is COc1ccc(OC)c(NC(=O)/C=C/c2ccc(OC(F)F)cc2OC(F)F)c1. The molecule has 10 heteroatoms. The third-order valence-corrected chi connectivity index (χ3v) is 3.51. The fourth-order valence-electron chi connectivity index (χ4n) is 2.28. The Bertz CT molecular complexity index is 874. The molecule has 0 bridgehead atoms. The van der Waals surface area contributed by atoms with Crippen molar-refractivity contribution in [2.24, 2.45) is 0 Å². The van der Waals surface area contributed by atoms with Crippen LogP contribution in [0.3, 0.4) is 0 Å². The first kappa shape index (κ1) is 21.9. The smallest absolute Gasteiger partial charge is 0.387 e. The number of nitrogens with one attached hydrogen (secondary N) is 1. The molecule has 0 aliphatic heterocycles. The summed E-state index contributed by atoms with van der Waals surface area (Å²) in [5.41, 5.74) is 0.380. The van der Waals surface area contributed by atoms with Gasteiger partial charge in [-0.05, 0) is 30.3 Å². The summed E-state index contributed by atoms with van der Waals surface area (Å²) in [5, 5.41) is 2.56. The van der Waals surface area contributed by atoms with Gasteiger partial charge in [0.15, 0.2) is 0 Å². The minimum Gasteiger partial charge on any atom is -0.497 e. The summed E-state index contributed by atoms with van der Waals surface area (Å²) in [6.45, 7) is -6.32. The molecule has 2 aromatic rings. The van der Waals surface area contributed by atoms with Gasteiger partial charge in [-0.25, -0.2) is 0 Å². The van der Waals surface area contributed by atoms with E-state index in [1.165, 1.54) is 32.4 Å². The average molecular weight is 415 g/mol. The highest BCUT2D eigenvalue weighted by molar-refractivity contribution is 6.03. The van der Waals surface area contributed by atoms with Crippen molar-refractivity contribution >= 4 is 17.7 Å². The Labute approximate surface area is 163 Å². The Hall–Kier alpha value is -3.43. The van der Waals surface area contributed by atoms with E-state index >= 15 is 0 Å². The van der Waals surface area contributed by atoms with Gasteiger partial charge in [0.1, 0.15) is 23.0 Å². The molecule has 0 aliphatic rings. The Balaban J connectivity index is 2.20. The molecular formula is C19H17F4NO5. The van der Waals surface area contributed by atoms with Gasteiger partial charge in [-0.15, -0.1) is 0 Å². The van der Waals surface area contributed by atoms with E-state index in [1.807, 2.05) is 0 Å². The van der Waals surface area contributed by atoms with E-state index < -0.39 is 24.9 Å². The zero-order chi connectivity index (χ0) is 21.4. The highest BCUT2D eigenvalue weighted by Crippen LogP contribution is 2.30. The van der Waals surface area contributed by atoms with Gasteiger partial charge in [-0.3, -0.25) is 4.79 Å². The van der Waals surface area contributed by atoms with Crippen molar-refractivity contribution in [2.75, 3.05) is 19.5 Å². The van der Waals surface area contributed by atoms with Gasteiger partial charge in [0.05, 0.1) is 19.9 Å². The van der Waals surface area contributed by atoms with Crippen LogP contribution in [0.1, 0.15) is 5.56 Å². The van der Waals surface area contributed by atoms with E-state index in [4.69, 9.17) is 9.47 Å². The topological polar surface area (TPSA) is 66.0 Å². The molecule has 0 aromatic heterocycles.